The zero-order valence-electron chi connectivity index (χ0n) is 31.2. The standard InChI is InChI=1S/C36H59N5O8S/c1-23(2)21-27(22-42)39-34(45)29(40-30(43)16-12-10-9-11-13-17-31(44)48-8)15-14-20-38-35(37)41-50(46,47)33-25(4)24(3)32-28(26(33)5)18-19-36(6,7)49-32/h22-23,27,29H,9-21H2,1-8H3,(H,39,45)(H,40,43)(H3,37,38,41)/t27-,29+/m0/s1. The molecule has 1 aliphatic heterocycles. The van der Waals surface area contributed by atoms with Crippen LogP contribution in [0.3, 0.4) is 0 Å². The summed E-state index contributed by atoms with van der Waals surface area (Å²) in [5.41, 5.74) is 8.53. The van der Waals surface area contributed by atoms with E-state index in [-0.39, 0.29) is 53.6 Å². The Hall–Kier alpha value is -3.68. The fraction of sp³-hybridized carbons (Fsp3) is 0.694. The van der Waals surface area contributed by atoms with E-state index in [0.717, 1.165) is 49.0 Å². The van der Waals surface area contributed by atoms with Gasteiger partial charge in [0.2, 0.25) is 17.8 Å². The van der Waals surface area contributed by atoms with Crippen LogP contribution in [0, 0.1) is 26.7 Å². The van der Waals surface area contributed by atoms with Crippen LogP contribution in [0.25, 0.3) is 0 Å². The molecule has 5 N–H and O–H groups in total. The molecule has 0 saturated heterocycles. The number of esters is 1. The van der Waals surface area contributed by atoms with Crippen molar-refractivity contribution in [3.05, 3.63) is 22.3 Å². The Morgan fingerprint density at radius 1 is 0.980 bits per heavy atom. The molecular formula is C36H59N5O8S. The molecule has 50 heavy (non-hydrogen) atoms. The van der Waals surface area contributed by atoms with Crippen molar-refractivity contribution in [3.8, 4) is 5.75 Å². The Morgan fingerprint density at radius 2 is 1.62 bits per heavy atom. The number of carbonyl (C=O) groups is 4. The number of amides is 2. The van der Waals surface area contributed by atoms with Crippen LogP contribution < -0.4 is 25.8 Å². The average molecular weight is 722 g/mol. The first kappa shape index (κ1) is 42.5. The minimum atomic E-state index is -4.07. The van der Waals surface area contributed by atoms with Crippen molar-refractivity contribution in [1.82, 2.24) is 15.4 Å². The number of unbranched alkanes of at least 4 members (excludes halogenated alkanes) is 4. The summed E-state index contributed by atoms with van der Waals surface area (Å²) in [4.78, 5) is 53.2. The number of nitrogens with zero attached hydrogens (tertiary/aromatic N) is 1. The summed E-state index contributed by atoms with van der Waals surface area (Å²) < 4.78 is 40.4. The maximum absolute atomic E-state index is 13.5. The molecule has 1 heterocycles. The number of aldehydes is 1. The Kier molecular flexibility index (Phi) is 16.7. The van der Waals surface area contributed by atoms with Gasteiger partial charge in [0.25, 0.3) is 10.0 Å². The maximum atomic E-state index is 13.5. The van der Waals surface area contributed by atoms with Crippen LogP contribution in [0.5, 0.6) is 5.75 Å². The minimum Gasteiger partial charge on any atom is -0.487 e. The van der Waals surface area contributed by atoms with E-state index < -0.39 is 28.0 Å². The van der Waals surface area contributed by atoms with Crippen molar-refractivity contribution in [1.29, 1.82) is 0 Å². The van der Waals surface area contributed by atoms with Gasteiger partial charge in [-0.05, 0) is 108 Å². The molecule has 0 fully saturated rings. The Bertz CT molecular complexity index is 1490. The Morgan fingerprint density at radius 3 is 2.24 bits per heavy atom. The predicted octanol–water partition coefficient (Wildman–Crippen LogP) is 4.21. The van der Waals surface area contributed by atoms with Gasteiger partial charge in [0, 0.05) is 19.4 Å². The number of nitrogens with two attached hydrogens (primary N) is 1. The first-order chi connectivity index (χ1) is 23.4. The van der Waals surface area contributed by atoms with Crippen molar-refractivity contribution in [2.24, 2.45) is 16.6 Å². The van der Waals surface area contributed by atoms with Crippen LogP contribution in [-0.2, 0) is 40.4 Å². The molecule has 2 rings (SSSR count). The number of fused-ring (bicyclic) bond motifs is 1. The molecule has 0 bridgehead atoms. The van der Waals surface area contributed by atoms with E-state index in [4.69, 9.17) is 10.5 Å². The molecule has 282 valence electrons. The van der Waals surface area contributed by atoms with Crippen molar-refractivity contribution < 1.29 is 37.1 Å². The van der Waals surface area contributed by atoms with E-state index in [0.29, 0.717) is 49.5 Å². The van der Waals surface area contributed by atoms with Gasteiger partial charge in [0.1, 0.15) is 23.7 Å². The number of nitrogens with one attached hydrogen (secondary N) is 3. The Balaban J connectivity index is 2.04. The number of aliphatic imine (C=N–C) groups is 1. The second-order valence-corrected chi connectivity index (χ2v) is 15.9. The molecule has 0 aromatic heterocycles. The number of hydrogen-bond acceptors (Lipinski definition) is 9. The monoisotopic (exact) mass is 721 g/mol. The van der Waals surface area contributed by atoms with E-state index in [1.165, 1.54) is 7.11 Å². The van der Waals surface area contributed by atoms with Crippen molar-refractivity contribution in [2.75, 3.05) is 13.7 Å². The molecule has 0 spiro atoms. The number of sulfonamides is 1. The van der Waals surface area contributed by atoms with Crippen LogP contribution in [0.15, 0.2) is 9.89 Å². The molecule has 1 aromatic rings. The largest absolute Gasteiger partial charge is 0.487 e. The fourth-order valence-corrected chi connectivity index (χ4v) is 7.65. The highest BCUT2D eigenvalue weighted by Gasteiger charge is 2.33. The van der Waals surface area contributed by atoms with Gasteiger partial charge in [-0.1, -0.05) is 33.1 Å². The number of ether oxygens (including phenoxy) is 2. The number of rotatable bonds is 20. The zero-order valence-corrected chi connectivity index (χ0v) is 32.0. The lowest BCUT2D eigenvalue weighted by Crippen LogP contribution is -2.50. The van der Waals surface area contributed by atoms with Crippen LogP contribution in [0.1, 0.15) is 121 Å². The van der Waals surface area contributed by atoms with Gasteiger partial charge >= 0.3 is 5.97 Å². The summed E-state index contributed by atoms with van der Waals surface area (Å²) in [6.07, 6.45) is 7.56. The fourth-order valence-electron chi connectivity index (χ4n) is 6.13. The first-order valence-electron chi connectivity index (χ1n) is 17.7. The normalized spacial score (nSPS) is 15.3. The zero-order chi connectivity index (χ0) is 37.6. The number of benzene rings is 1. The van der Waals surface area contributed by atoms with Gasteiger partial charge < -0.3 is 30.6 Å². The molecule has 13 nitrogen and oxygen atoms in total. The third-order valence-corrected chi connectivity index (χ3v) is 10.6. The molecular weight excluding hydrogens is 662 g/mol. The van der Waals surface area contributed by atoms with Gasteiger partial charge in [-0.3, -0.25) is 19.4 Å². The van der Waals surface area contributed by atoms with Crippen LogP contribution in [-0.4, -0.2) is 69.8 Å². The molecule has 0 saturated carbocycles. The van der Waals surface area contributed by atoms with E-state index in [1.807, 2.05) is 34.6 Å². The molecule has 2 amide bonds. The third kappa shape index (κ3) is 13.2. The molecule has 2 atom stereocenters. The molecule has 0 aliphatic carbocycles. The molecule has 0 unspecified atom stereocenters. The summed E-state index contributed by atoms with van der Waals surface area (Å²) >= 11 is 0. The number of methoxy groups -OCH3 is 1. The SMILES string of the molecule is COC(=O)CCCCCCCC(=O)N[C@H](CCCN=C(N)NS(=O)(=O)c1c(C)c(C)c2c(c1C)CCC(C)(C)O2)C(=O)N[C@H](C=O)CC(C)C. The molecule has 0 radical (unpaired) electrons. The van der Waals surface area contributed by atoms with Gasteiger partial charge in [-0.25, -0.2) is 13.1 Å². The molecule has 14 heteroatoms. The summed E-state index contributed by atoms with van der Waals surface area (Å²) in [6, 6.07) is -1.60. The van der Waals surface area contributed by atoms with Crippen LogP contribution in [0.2, 0.25) is 0 Å². The summed E-state index contributed by atoms with van der Waals surface area (Å²) in [5.74, 6) is -0.380. The summed E-state index contributed by atoms with van der Waals surface area (Å²) in [5, 5.41) is 5.52. The average Bonchev–Trinajstić information content (AvgIpc) is 3.02. The van der Waals surface area contributed by atoms with Gasteiger partial charge in [0.05, 0.1) is 18.0 Å². The molecule has 1 aliphatic rings. The van der Waals surface area contributed by atoms with Gasteiger partial charge in [-0.2, -0.15) is 0 Å². The third-order valence-electron chi connectivity index (χ3n) is 8.99. The quantitative estimate of drug-likeness (QED) is 0.0502. The lowest BCUT2D eigenvalue weighted by Gasteiger charge is -2.35. The van der Waals surface area contributed by atoms with Crippen molar-refractivity contribution in [3.63, 3.8) is 0 Å². The van der Waals surface area contributed by atoms with Gasteiger partial charge in [0.15, 0.2) is 0 Å². The van der Waals surface area contributed by atoms with E-state index in [2.05, 4.69) is 25.1 Å². The topological polar surface area (TPSA) is 195 Å². The summed E-state index contributed by atoms with van der Waals surface area (Å²) in [6.45, 7) is 13.4. The molecule has 1 aromatic carbocycles. The first-order valence-corrected chi connectivity index (χ1v) is 19.2. The number of carbonyl (C=O) groups excluding carboxylic acids is 4. The Labute approximate surface area is 298 Å². The van der Waals surface area contributed by atoms with Crippen LogP contribution >= 0.6 is 0 Å². The number of hydrogen-bond donors (Lipinski definition) is 4. The summed E-state index contributed by atoms with van der Waals surface area (Å²) in [7, 11) is -2.71. The van der Waals surface area contributed by atoms with Crippen molar-refractivity contribution in [2.45, 2.75) is 148 Å². The van der Waals surface area contributed by atoms with E-state index in [1.54, 1.807) is 13.8 Å². The smallest absolute Gasteiger partial charge is 0.305 e. The lowest BCUT2D eigenvalue weighted by atomic mass is 9.88. The minimum absolute atomic E-state index is 0.0901. The highest BCUT2D eigenvalue weighted by molar-refractivity contribution is 7.90. The highest BCUT2D eigenvalue weighted by Crippen LogP contribution is 2.42. The lowest BCUT2D eigenvalue weighted by molar-refractivity contribution is -0.140. The van der Waals surface area contributed by atoms with Crippen molar-refractivity contribution >= 4 is 40.1 Å². The maximum Gasteiger partial charge on any atom is 0.305 e. The second-order valence-electron chi connectivity index (χ2n) is 14.2. The second kappa shape index (κ2) is 19.6. The van der Waals surface area contributed by atoms with Crippen LogP contribution in [0.4, 0.5) is 0 Å². The highest BCUT2D eigenvalue weighted by atomic mass is 32.2. The van der Waals surface area contributed by atoms with E-state index >= 15 is 0 Å². The van der Waals surface area contributed by atoms with Gasteiger partial charge in [-0.15, -0.1) is 0 Å². The number of guanidine groups is 1. The predicted molar refractivity (Wildman–Crippen MR) is 193 cm³/mol. The van der Waals surface area contributed by atoms with E-state index in [9.17, 15) is 27.6 Å².